The zero-order valence-corrected chi connectivity index (χ0v) is 14.6. The summed E-state index contributed by atoms with van der Waals surface area (Å²) in [5.74, 6) is 0.644. The summed E-state index contributed by atoms with van der Waals surface area (Å²) in [7, 11) is 3.07. The lowest BCUT2D eigenvalue weighted by molar-refractivity contribution is -0.140. The molecule has 0 spiro atoms. The van der Waals surface area contributed by atoms with Crippen LogP contribution in [-0.2, 0) is 9.53 Å². The monoisotopic (exact) mass is 325 g/mol. The second-order valence-electron chi connectivity index (χ2n) is 5.61. The summed E-state index contributed by atoms with van der Waals surface area (Å²) in [5, 5.41) is 0. The minimum atomic E-state index is -0.235. The van der Waals surface area contributed by atoms with Crippen LogP contribution in [0, 0.1) is 13.8 Å². The number of benzene rings is 2. The van der Waals surface area contributed by atoms with Crippen LogP contribution in [-0.4, -0.2) is 25.9 Å². The van der Waals surface area contributed by atoms with Crippen molar-refractivity contribution in [1.82, 2.24) is 0 Å². The first-order valence-electron chi connectivity index (χ1n) is 7.90. The smallest absolute Gasteiger partial charge is 0.305 e. The number of aliphatic imine (C=N–C) groups is 1. The van der Waals surface area contributed by atoms with Gasteiger partial charge in [0.2, 0.25) is 0 Å². The molecule has 0 fully saturated rings. The predicted molar refractivity (Wildman–Crippen MR) is 96.4 cm³/mol. The van der Waals surface area contributed by atoms with Gasteiger partial charge in [0.15, 0.2) is 0 Å². The molecule has 0 saturated carbocycles. The SMILES string of the molecule is COC(=O)CCC(=Nc1cc(C)c(OC)c(C)c1)c1ccccc1. The van der Waals surface area contributed by atoms with Gasteiger partial charge < -0.3 is 9.47 Å². The Hall–Kier alpha value is -2.62. The molecule has 4 heteroatoms. The van der Waals surface area contributed by atoms with Gasteiger partial charge in [0, 0.05) is 12.1 Å². The maximum Gasteiger partial charge on any atom is 0.305 e. The van der Waals surface area contributed by atoms with E-state index in [0.717, 1.165) is 33.8 Å². The highest BCUT2D eigenvalue weighted by Gasteiger charge is 2.10. The van der Waals surface area contributed by atoms with Gasteiger partial charge in [-0.1, -0.05) is 30.3 Å². The van der Waals surface area contributed by atoms with Gasteiger partial charge in [-0.05, 0) is 42.7 Å². The first-order chi connectivity index (χ1) is 11.5. The maximum absolute atomic E-state index is 11.5. The summed E-state index contributed by atoms with van der Waals surface area (Å²) in [4.78, 5) is 16.3. The van der Waals surface area contributed by atoms with Crippen LogP contribution in [0.5, 0.6) is 5.75 Å². The van der Waals surface area contributed by atoms with Gasteiger partial charge >= 0.3 is 5.97 Å². The highest BCUT2D eigenvalue weighted by atomic mass is 16.5. The average Bonchev–Trinajstić information content (AvgIpc) is 2.58. The van der Waals surface area contributed by atoms with Crippen LogP contribution in [0.3, 0.4) is 0 Å². The number of esters is 1. The van der Waals surface area contributed by atoms with Crippen LogP contribution >= 0.6 is 0 Å². The number of aryl methyl sites for hydroxylation is 2. The molecule has 0 aliphatic carbocycles. The molecule has 0 heterocycles. The molecule has 0 saturated heterocycles. The quantitative estimate of drug-likeness (QED) is 0.585. The molecular weight excluding hydrogens is 302 g/mol. The number of rotatable bonds is 6. The van der Waals surface area contributed by atoms with Crippen molar-refractivity contribution in [3.8, 4) is 5.75 Å². The lowest BCUT2D eigenvalue weighted by atomic mass is 10.0. The fourth-order valence-electron chi connectivity index (χ4n) is 2.69. The molecule has 126 valence electrons. The Bertz CT molecular complexity index is 713. The molecule has 0 aliphatic heterocycles. The Morgan fingerprint density at radius 1 is 1.00 bits per heavy atom. The van der Waals surface area contributed by atoms with Crippen LogP contribution in [0.25, 0.3) is 0 Å². The number of nitrogens with zero attached hydrogens (tertiary/aromatic N) is 1. The summed E-state index contributed by atoms with van der Waals surface area (Å²) in [6, 6.07) is 13.9. The molecule has 0 radical (unpaired) electrons. The second kappa shape index (κ2) is 8.29. The number of ether oxygens (including phenoxy) is 2. The molecule has 2 rings (SSSR count). The van der Waals surface area contributed by atoms with E-state index >= 15 is 0 Å². The fourth-order valence-corrected chi connectivity index (χ4v) is 2.69. The van der Waals surface area contributed by atoms with Crippen molar-refractivity contribution in [1.29, 1.82) is 0 Å². The Labute approximate surface area is 143 Å². The Kier molecular flexibility index (Phi) is 6.13. The number of hydrogen-bond acceptors (Lipinski definition) is 4. The van der Waals surface area contributed by atoms with E-state index in [0.29, 0.717) is 12.8 Å². The van der Waals surface area contributed by atoms with E-state index in [4.69, 9.17) is 14.5 Å². The summed E-state index contributed by atoms with van der Waals surface area (Å²) in [6.07, 6.45) is 0.832. The lowest BCUT2D eigenvalue weighted by Gasteiger charge is -2.11. The van der Waals surface area contributed by atoms with Gasteiger partial charge in [0.1, 0.15) is 5.75 Å². The van der Waals surface area contributed by atoms with Crippen molar-refractivity contribution in [2.75, 3.05) is 14.2 Å². The molecule has 2 aromatic rings. The zero-order valence-electron chi connectivity index (χ0n) is 14.6. The Morgan fingerprint density at radius 3 is 2.17 bits per heavy atom. The molecule has 4 nitrogen and oxygen atoms in total. The van der Waals surface area contributed by atoms with Gasteiger partial charge in [-0.25, -0.2) is 0 Å². The summed E-state index contributed by atoms with van der Waals surface area (Å²) < 4.78 is 10.1. The van der Waals surface area contributed by atoms with E-state index < -0.39 is 0 Å². The van der Waals surface area contributed by atoms with Crippen molar-refractivity contribution in [2.45, 2.75) is 26.7 Å². The average molecular weight is 325 g/mol. The maximum atomic E-state index is 11.5. The van der Waals surface area contributed by atoms with Gasteiger partial charge in [0.05, 0.1) is 26.3 Å². The first-order valence-corrected chi connectivity index (χ1v) is 7.90. The van der Waals surface area contributed by atoms with Crippen molar-refractivity contribution in [2.24, 2.45) is 4.99 Å². The molecule has 0 unspecified atom stereocenters. The molecule has 0 aliphatic rings. The standard InChI is InChI=1S/C20H23NO3/c1-14-12-17(13-15(2)20(14)24-4)21-18(10-11-19(22)23-3)16-8-6-5-7-9-16/h5-9,12-13H,10-11H2,1-4H3. The van der Waals surface area contributed by atoms with Crippen LogP contribution in [0.2, 0.25) is 0 Å². The third kappa shape index (κ3) is 4.44. The fraction of sp³-hybridized carbons (Fsp3) is 0.300. The third-order valence-corrected chi connectivity index (χ3v) is 3.81. The van der Waals surface area contributed by atoms with Crippen molar-refractivity contribution in [3.05, 3.63) is 59.2 Å². The normalized spacial score (nSPS) is 11.2. The van der Waals surface area contributed by atoms with E-state index in [-0.39, 0.29) is 5.97 Å². The molecule has 0 atom stereocenters. The molecule has 2 aromatic carbocycles. The van der Waals surface area contributed by atoms with Crippen LogP contribution in [0.15, 0.2) is 47.5 Å². The molecule has 0 N–H and O–H groups in total. The zero-order chi connectivity index (χ0) is 17.5. The van der Waals surface area contributed by atoms with Crippen molar-refractivity contribution >= 4 is 17.4 Å². The van der Waals surface area contributed by atoms with Crippen LogP contribution in [0.4, 0.5) is 5.69 Å². The highest BCUT2D eigenvalue weighted by Crippen LogP contribution is 2.29. The number of methoxy groups -OCH3 is 2. The highest BCUT2D eigenvalue weighted by molar-refractivity contribution is 6.03. The van der Waals surface area contributed by atoms with Gasteiger partial charge in [-0.3, -0.25) is 9.79 Å². The minimum Gasteiger partial charge on any atom is -0.496 e. The van der Waals surface area contributed by atoms with Crippen molar-refractivity contribution in [3.63, 3.8) is 0 Å². The van der Waals surface area contributed by atoms with Gasteiger partial charge in [0.25, 0.3) is 0 Å². The summed E-state index contributed by atoms with van der Waals surface area (Å²) in [5.41, 5.74) is 4.81. The largest absolute Gasteiger partial charge is 0.496 e. The molecule has 0 aromatic heterocycles. The van der Waals surface area contributed by atoms with E-state index in [1.807, 2.05) is 56.3 Å². The lowest BCUT2D eigenvalue weighted by Crippen LogP contribution is -2.07. The summed E-state index contributed by atoms with van der Waals surface area (Å²) >= 11 is 0. The number of carbonyl (C=O) groups is 1. The minimum absolute atomic E-state index is 0.235. The van der Waals surface area contributed by atoms with Crippen LogP contribution < -0.4 is 4.74 Å². The topological polar surface area (TPSA) is 47.9 Å². The molecule has 0 amide bonds. The molecule has 0 bridgehead atoms. The number of carbonyl (C=O) groups excluding carboxylic acids is 1. The predicted octanol–water partition coefficient (Wildman–Crippen LogP) is 4.39. The number of hydrogen-bond donors (Lipinski definition) is 0. The summed E-state index contributed by atoms with van der Waals surface area (Å²) in [6.45, 7) is 4.00. The second-order valence-corrected chi connectivity index (χ2v) is 5.61. The van der Waals surface area contributed by atoms with Crippen LogP contribution in [0.1, 0.15) is 29.5 Å². The van der Waals surface area contributed by atoms with Gasteiger partial charge in [-0.15, -0.1) is 0 Å². The molecule has 24 heavy (non-hydrogen) atoms. The first kappa shape index (κ1) is 17.7. The van der Waals surface area contributed by atoms with E-state index in [2.05, 4.69) is 0 Å². The Balaban J connectivity index is 2.39. The van der Waals surface area contributed by atoms with E-state index in [1.165, 1.54) is 7.11 Å². The van der Waals surface area contributed by atoms with Crippen molar-refractivity contribution < 1.29 is 14.3 Å². The molecular formula is C20H23NO3. The Morgan fingerprint density at radius 2 is 1.62 bits per heavy atom. The van der Waals surface area contributed by atoms with Gasteiger partial charge in [-0.2, -0.15) is 0 Å². The van der Waals surface area contributed by atoms with E-state index in [9.17, 15) is 4.79 Å². The van der Waals surface area contributed by atoms with E-state index in [1.54, 1.807) is 7.11 Å². The third-order valence-electron chi connectivity index (χ3n) is 3.81.